The molecule has 152 valence electrons. The van der Waals surface area contributed by atoms with Crippen LogP contribution in [0.3, 0.4) is 0 Å². The number of ether oxygens (including phenoxy) is 2. The molecule has 8 heteroatoms. The van der Waals surface area contributed by atoms with Crippen molar-refractivity contribution in [2.75, 3.05) is 6.61 Å². The Morgan fingerprint density at radius 1 is 1.07 bits per heavy atom. The fraction of sp³-hybridized carbons (Fsp3) is 0.227. The largest absolute Gasteiger partial charge is 0.457 e. The zero-order valence-corrected chi connectivity index (χ0v) is 16.1. The molecule has 0 aliphatic carbocycles. The number of para-hydroxylation sites is 2. The molecule has 4 aromatic rings. The van der Waals surface area contributed by atoms with E-state index in [9.17, 15) is 9.59 Å². The van der Waals surface area contributed by atoms with Gasteiger partial charge in [-0.3, -0.25) is 14.8 Å². The molecule has 2 aromatic heterocycles. The number of aromatic nitrogens is 4. The third kappa shape index (κ3) is 3.42. The third-order valence-corrected chi connectivity index (χ3v) is 5.15. The molecule has 0 bridgehead atoms. The fourth-order valence-electron chi connectivity index (χ4n) is 3.78. The number of rotatable bonds is 5. The van der Waals surface area contributed by atoms with Crippen LogP contribution < -0.4 is 16.0 Å². The highest BCUT2D eigenvalue weighted by Gasteiger charge is 2.25. The van der Waals surface area contributed by atoms with Crippen molar-refractivity contribution >= 4 is 11.0 Å². The number of nitrogens with zero attached hydrogens (tertiary/aromatic N) is 2. The molecule has 1 fully saturated rings. The van der Waals surface area contributed by atoms with Crippen LogP contribution in [-0.2, 0) is 11.2 Å². The third-order valence-electron chi connectivity index (χ3n) is 5.15. The van der Waals surface area contributed by atoms with E-state index in [1.807, 2.05) is 54.6 Å². The Morgan fingerprint density at radius 3 is 2.67 bits per heavy atom. The lowest BCUT2D eigenvalue weighted by Crippen LogP contribution is -2.23. The molecule has 2 N–H and O–H groups in total. The fourth-order valence-corrected chi connectivity index (χ4v) is 3.78. The zero-order valence-electron chi connectivity index (χ0n) is 16.1. The van der Waals surface area contributed by atoms with E-state index >= 15 is 0 Å². The van der Waals surface area contributed by atoms with Crippen LogP contribution in [0.4, 0.5) is 0 Å². The van der Waals surface area contributed by atoms with Gasteiger partial charge in [-0.25, -0.2) is 9.48 Å². The molecule has 3 heterocycles. The quantitative estimate of drug-likeness (QED) is 0.532. The van der Waals surface area contributed by atoms with Crippen LogP contribution in [0.15, 0.2) is 64.2 Å². The van der Waals surface area contributed by atoms with Gasteiger partial charge in [-0.15, -0.1) is 0 Å². The van der Waals surface area contributed by atoms with Gasteiger partial charge in [0.1, 0.15) is 22.5 Å². The van der Waals surface area contributed by atoms with Crippen LogP contribution in [0.2, 0.25) is 0 Å². The minimum Gasteiger partial charge on any atom is -0.457 e. The van der Waals surface area contributed by atoms with Gasteiger partial charge in [0, 0.05) is 18.6 Å². The monoisotopic (exact) mass is 404 g/mol. The predicted molar refractivity (Wildman–Crippen MR) is 111 cm³/mol. The maximum atomic E-state index is 12.6. The van der Waals surface area contributed by atoms with Crippen molar-refractivity contribution < 1.29 is 9.47 Å². The Kier molecular flexibility index (Phi) is 4.68. The van der Waals surface area contributed by atoms with Crippen LogP contribution in [0.1, 0.15) is 30.3 Å². The van der Waals surface area contributed by atoms with Crippen LogP contribution in [-0.4, -0.2) is 26.4 Å². The molecule has 0 spiro atoms. The summed E-state index contributed by atoms with van der Waals surface area (Å²) in [5.41, 5.74) is 0.792. The van der Waals surface area contributed by atoms with E-state index in [4.69, 9.17) is 9.47 Å². The summed E-state index contributed by atoms with van der Waals surface area (Å²) in [5, 5.41) is 5.02. The highest BCUT2D eigenvalue weighted by atomic mass is 16.5. The average molecular weight is 404 g/mol. The van der Waals surface area contributed by atoms with E-state index in [0.717, 1.165) is 24.2 Å². The summed E-state index contributed by atoms with van der Waals surface area (Å²) < 4.78 is 13.4. The molecule has 1 aliphatic rings. The summed E-state index contributed by atoms with van der Waals surface area (Å²) >= 11 is 0. The van der Waals surface area contributed by atoms with Crippen molar-refractivity contribution in [2.24, 2.45) is 0 Å². The van der Waals surface area contributed by atoms with E-state index in [1.165, 1.54) is 0 Å². The molecule has 8 nitrogen and oxygen atoms in total. The van der Waals surface area contributed by atoms with Gasteiger partial charge in [0.05, 0.1) is 5.69 Å². The van der Waals surface area contributed by atoms with Crippen molar-refractivity contribution in [2.45, 2.75) is 25.5 Å². The van der Waals surface area contributed by atoms with Crippen molar-refractivity contribution in [1.29, 1.82) is 0 Å². The van der Waals surface area contributed by atoms with Crippen molar-refractivity contribution in [3.63, 3.8) is 0 Å². The number of fused-ring (bicyclic) bond motifs is 1. The van der Waals surface area contributed by atoms with Gasteiger partial charge >= 0.3 is 5.69 Å². The van der Waals surface area contributed by atoms with Crippen LogP contribution in [0.25, 0.3) is 11.0 Å². The number of hydrogen-bond acceptors (Lipinski definition) is 5. The number of aromatic amines is 2. The van der Waals surface area contributed by atoms with Crippen LogP contribution in [0.5, 0.6) is 11.5 Å². The molecule has 2 aromatic carbocycles. The van der Waals surface area contributed by atoms with Crippen LogP contribution >= 0.6 is 0 Å². The summed E-state index contributed by atoms with van der Waals surface area (Å²) in [5.74, 6) is 1.41. The van der Waals surface area contributed by atoms with E-state index in [2.05, 4.69) is 15.1 Å². The van der Waals surface area contributed by atoms with Crippen molar-refractivity contribution in [3.05, 3.63) is 86.7 Å². The lowest BCUT2D eigenvalue weighted by atomic mass is 10.1. The number of hydrogen-bond donors (Lipinski definition) is 2. The van der Waals surface area contributed by atoms with Gasteiger partial charge in [-0.1, -0.05) is 36.4 Å². The summed E-state index contributed by atoms with van der Waals surface area (Å²) in [6.45, 7) is 0.628. The molecule has 0 amide bonds. The van der Waals surface area contributed by atoms with E-state index in [1.54, 1.807) is 4.68 Å². The average Bonchev–Trinajstić information content (AvgIpc) is 3.38. The second kappa shape index (κ2) is 7.64. The van der Waals surface area contributed by atoms with Gasteiger partial charge in [-0.05, 0) is 31.0 Å². The SMILES string of the molecule is O=c1[nH]c(=O)c2c(Cc3ccccc3Oc3ccccc3)nn(C3CCCO3)c2[nH]1. The minimum atomic E-state index is -0.564. The maximum Gasteiger partial charge on any atom is 0.327 e. The molecule has 1 unspecified atom stereocenters. The Hall–Kier alpha value is -3.65. The van der Waals surface area contributed by atoms with Gasteiger partial charge in [0.2, 0.25) is 0 Å². The first kappa shape index (κ1) is 18.4. The van der Waals surface area contributed by atoms with E-state index < -0.39 is 11.2 Å². The molecule has 1 atom stereocenters. The highest BCUT2D eigenvalue weighted by molar-refractivity contribution is 5.77. The Labute approximate surface area is 171 Å². The van der Waals surface area contributed by atoms with Gasteiger partial charge < -0.3 is 9.47 Å². The first-order chi connectivity index (χ1) is 14.7. The molecular formula is C22H20N4O4. The molecule has 30 heavy (non-hydrogen) atoms. The van der Waals surface area contributed by atoms with E-state index in [0.29, 0.717) is 35.5 Å². The highest BCUT2D eigenvalue weighted by Crippen LogP contribution is 2.30. The zero-order chi connectivity index (χ0) is 20.5. The molecule has 0 saturated carbocycles. The second-order valence-electron chi connectivity index (χ2n) is 7.19. The minimum absolute atomic E-state index is 0.297. The van der Waals surface area contributed by atoms with E-state index in [-0.39, 0.29) is 6.23 Å². The summed E-state index contributed by atoms with van der Waals surface area (Å²) in [6.07, 6.45) is 1.75. The van der Waals surface area contributed by atoms with Crippen molar-refractivity contribution in [1.82, 2.24) is 19.7 Å². The van der Waals surface area contributed by atoms with Gasteiger partial charge in [0.15, 0.2) is 6.23 Å². The Bertz CT molecular complexity index is 1300. The number of benzene rings is 2. The molecule has 1 aliphatic heterocycles. The first-order valence-corrected chi connectivity index (χ1v) is 9.85. The molecule has 5 rings (SSSR count). The second-order valence-corrected chi connectivity index (χ2v) is 7.19. The normalized spacial score (nSPS) is 16.2. The summed E-state index contributed by atoms with van der Waals surface area (Å²) in [4.78, 5) is 29.5. The Morgan fingerprint density at radius 2 is 1.87 bits per heavy atom. The Balaban J connectivity index is 1.58. The topological polar surface area (TPSA) is 102 Å². The maximum absolute atomic E-state index is 12.6. The summed E-state index contributed by atoms with van der Waals surface area (Å²) in [6, 6.07) is 17.1. The van der Waals surface area contributed by atoms with Crippen LogP contribution in [0, 0.1) is 0 Å². The lowest BCUT2D eigenvalue weighted by Gasteiger charge is -2.11. The lowest BCUT2D eigenvalue weighted by molar-refractivity contribution is 0.0495. The molecular weight excluding hydrogens is 384 g/mol. The number of H-pyrrole nitrogens is 2. The van der Waals surface area contributed by atoms with Gasteiger partial charge in [-0.2, -0.15) is 5.10 Å². The molecule has 1 saturated heterocycles. The predicted octanol–water partition coefficient (Wildman–Crippen LogP) is 3.11. The standard InChI is InChI=1S/C22H20N4O4/c27-21-19-16(25-26(18-11-6-12-29-18)20(19)23-22(28)24-21)13-14-7-4-5-10-17(14)30-15-8-2-1-3-9-15/h1-5,7-10,18H,6,11-13H2,(H2,23,24,27,28). The van der Waals surface area contributed by atoms with Gasteiger partial charge in [0.25, 0.3) is 5.56 Å². The smallest absolute Gasteiger partial charge is 0.327 e. The first-order valence-electron chi connectivity index (χ1n) is 9.85. The molecule has 0 radical (unpaired) electrons. The van der Waals surface area contributed by atoms with Crippen molar-refractivity contribution in [3.8, 4) is 11.5 Å². The number of nitrogens with one attached hydrogen (secondary N) is 2. The summed E-state index contributed by atoms with van der Waals surface area (Å²) in [7, 11) is 0.